The van der Waals surface area contributed by atoms with E-state index in [-0.39, 0.29) is 17.9 Å². The van der Waals surface area contributed by atoms with E-state index in [1.165, 1.54) is 4.90 Å². The average molecular weight is 272 g/mol. The van der Waals surface area contributed by atoms with Crippen LogP contribution in [-0.2, 0) is 0 Å². The molecule has 3 unspecified atom stereocenters. The maximum Gasteiger partial charge on any atom is 0.263 e. The van der Waals surface area contributed by atoms with Gasteiger partial charge in [-0.25, -0.2) is 0 Å². The van der Waals surface area contributed by atoms with Crippen molar-refractivity contribution < 1.29 is 9.59 Å². The zero-order valence-corrected chi connectivity index (χ0v) is 11.9. The van der Waals surface area contributed by atoms with Gasteiger partial charge in [-0.15, -0.1) is 0 Å². The summed E-state index contributed by atoms with van der Waals surface area (Å²) in [6.07, 6.45) is 2.86. The molecule has 1 aromatic rings. The predicted molar refractivity (Wildman–Crippen MR) is 77.3 cm³/mol. The van der Waals surface area contributed by atoms with Gasteiger partial charge in [0.05, 0.1) is 11.1 Å². The number of benzene rings is 1. The predicted octanol–water partition coefficient (Wildman–Crippen LogP) is 2.69. The van der Waals surface area contributed by atoms with Gasteiger partial charge >= 0.3 is 0 Å². The minimum Gasteiger partial charge on any atom is -0.398 e. The molecule has 0 saturated heterocycles. The number of carbonyl (C=O) groups is 2. The summed E-state index contributed by atoms with van der Waals surface area (Å²) in [5.74, 6) is 0.806. The van der Waals surface area contributed by atoms with Gasteiger partial charge in [0.25, 0.3) is 11.8 Å². The van der Waals surface area contributed by atoms with Crippen molar-refractivity contribution in [3.8, 4) is 0 Å². The highest BCUT2D eigenvalue weighted by atomic mass is 16.2. The van der Waals surface area contributed by atoms with Crippen LogP contribution in [0.5, 0.6) is 0 Å². The molecule has 1 saturated carbocycles. The van der Waals surface area contributed by atoms with E-state index in [4.69, 9.17) is 5.73 Å². The smallest absolute Gasteiger partial charge is 0.263 e. The van der Waals surface area contributed by atoms with E-state index in [1.54, 1.807) is 18.2 Å². The highest BCUT2D eigenvalue weighted by Crippen LogP contribution is 2.37. The van der Waals surface area contributed by atoms with Gasteiger partial charge in [-0.1, -0.05) is 19.9 Å². The number of imide groups is 1. The van der Waals surface area contributed by atoms with E-state index in [2.05, 4.69) is 13.8 Å². The fourth-order valence-electron chi connectivity index (χ4n) is 3.41. The average Bonchev–Trinajstić information content (AvgIpc) is 2.67. The fourth-order valence-corrected chi connectivity index (χ4v) is 3.41. The third kappa shape index (κ3) is 1.82. The number of rotatable bonds is 1. The van der Waals surface area contributed by atoms with Crippen LogP contribution >= 0.6 is 0 Å². The first-order valence-corrected chi connectivity index (χ1v) is 7.27. The summed E-state index contributed by atoms with van der Waals surface area (Å²) in [6, 6.07) is 5.13. The van der Waals surface area contributed by atoms with Crippen molar-refractivity contribution in [2.24, 2.45) is 11.8 Å². The number of carbonyl (C=O) groups excluding carboxylic acids is 2. The molecule has 106 valence electrons. The first-order chi connectivity index (χ1) is 9.50. The van der Waals surface area contributed by atoms with Crippen LogP contribution in [0.3, 0.4) is 0 Å². The van der Waals surface area contributed by atoms with Gasteiger partial charge in [-0.05, 0) is 43.2 Å². The lowest BCUT2D eigenvalue weighted by atomic mass is 9.78. The molecule has 1 aliphatic heterocycles. The maximum absolute atomic E-state index is 12.5. The molecule has 0 radical (unpaired) electrons. The number of nitrogens with two attached hydrogens (primary N) is 1. The lowest BCUT2D eigenvalue weighted by Crippen LogP contribution is -2.43. The SMILES string of the molecule is CC1CCC(N2C(=O)c3cccc(N)c3C2=O)CC1C. The van der Waals surface area contributed by atoms with Gasteiger partial charge in [-0.3, -0.25) is 14.5 Å². The molecule has 20 heavy (non-hydrogen) atoms. The Kier molecular flexibility index (Phi) is 3.04. The molecule has 0 spiro atoms. The standard InChI is InChI=1S/C16H20N2O2/c1-9-6-7-11(8-10(9)2)18-15(19)12-4-3-5-13(17)14(12)16(18)20/h3-5,9-11H,6-8,17H2,1-2H3. The summed E-state index contributed by atoms with van der Waals surface area (Å²) < 4.78 is 0. The Morgan fingerprint density at radius 1 is 1.10 bits per heavy atom. The van der Waals surface area contributed by atoms with E-state index in [0.717, 1.165) is 19.3 Å². The van der Waals surface area contributed by atoms with Crippen molar-refractivity contribution in [1.82, 2.24) is 4.90 Å². The number of hydrogen-bond donors (Lipinski definition) is 1. The number of fused-ring (bicyclic) bond motifs is 1. The quantitative estimate of drug-likeness (QED) is 0.631. The number of amides is 2. The zero-order chi connectivity index (χ0) is 14.4. The van der Waals surface area contributed by atoms with E-state index >= 15 is 0 Å². The van der Waals surface area contributed by atoms with Gasteiger partial charge in [0.15, 0.2) is 0 Å². The number of nitrogens with zero attached hydrogens (tertiary/aromatic N) is 1. The van der Waals surface area contributed by atoms with Gasteiger partial charge in [0, 0.05) is 11.7 Å². The van der Waals surface area contributed by atoms with Crippen LogP contribution in [0, 0.1) is 11.8 Å². The Hall–Kier alpha value is -1.84. The molecular formula is C16H20N2O2. The van der Waals surface area contributed by atoms with Crippen LogP contribution in [0.2, 0.25) is 0 Å². The van der Waals surface area contributed by atoms with Crippen LogP contribution in [0.15, 0.2) is 18.2 Å². The molecule has 0 aromatic heterocycles. The second-order valence-corrected chi connectivity index (χ2v) is 6.17. The summed E-state index contributed by atoms with van der Waals surface area (Å²) in [7, 11) is 0. The third-order valence-electron chi connectivity index (χ3n) is 4.91. The minimum absolute atomic E-state index is 0.0213. The second kappa shape index (κ2) is 4.62. The second-order valence-electron chi connectivity index (χ2n) is 6.17. The molecule has 1 fully saturated rings. The number of nitrogen functional groups attached to an aromatic ring is 1. The summed E-state index contributed by atoms with van der Waals surface area (Å²) in [5, 5.41) is 0. The van der Waals surface area contributed by atoms with Gasteiger partial charge in [0.2, 0.25) is 0 Å². The molecule has 0 bridgehead atoms. The third-order valence-corrected chi connectivity index (χ3v) is 4.91. The van der Waals surface area contributed by atoms with Crippen LogP contribution < -0.4 is 5.73 Å². The Morgan fingerprint density at radius 2 is 1.85 bits per heavy atom. The normalized spacial score (nSPS) is 29.7. The van der Waals surface area contributed by atoms with Gasteiger partial charge in [-0.2, -0.15) is 0 Å². The first kappa shape index (κ1) is 13.2. The van der Waals surface area contributed by atoms with E-state index in [0.29, 0.717) is 28.7 Å². The zero-order valence-electron chi connectivity index (χ0n) is 11.9. The van der Waals surface area contributed by atoms with E-state index < -0.39 is 0 Å². The Balaban J connectivity index is 1.92. The molecule has 1 aromatic carbocycles. The monoisotopic (exact) mass is 272 g/mol. The van der Waals surface area contributed by atoms with Crippen molar-refractivity contribution in [3.63, 3.8) is 0 Å². The van der Waals surface area contributed by atoms with Crippen LogP contribution in [-0.4, -0.2) is 22.8 Å². The summed E-state index contributed by atoms with van der Waals surface area (Å²) in [5.41, 5.74) is 7.12. The van der Waals surface area contributed by atoms with Crippen molar-refractivity contribution in [1.29, 1.82) is 0 Å². The molecule has 2 amide bonds. The van der Waals surface area contributed by atoms with Crippen molar-refractivity contribution >= 4 is 17.5 Å². The Morgan fingerprint density at radius 3 is 2.50 bits per heavy atom. The largest absolute Gasteiger partial charge is 0.398 e. The highest BCUT2D eigenvalue weighted by molar-refractivity contribution is 6.23. The molecular weight excluding hydrogens is 252 g/mol. The molecule has 3 rings (SSSR count). The highest BCUT2D eigenvalue weighted by Gasteiger charge is 2.42. The molecule has 1 heterocycles. The molecule has 4 heteroatoms. The Labute approximate surface area is 118 Å². The number of anilines is 1. The fraction of sp³-hybridized carbons (Fsp3) is 0.500. The van der Waals surface area contributed by atoms with Crippen LogP contribution in [0.1, 0.15) is 53.8 Å². The summed E-state index contributed by atoms with van der Waals surface area (Å²) in [4.78, 5) is 26.5. The summed E-state index contributed by atoms with van der Waals surface area (Å²) in [6.45, 7) is 4.44. The molecule has 2 aliphatic rings. The first-order valence-electron chi connectivity index (χ1n) is 7.27. The minimum atomic E-state index is -0.213. The van der Waals surface area contributed by atoms with Crippen molar-refractivity contribution in [3.05, 3.63) is 29.3 Å². The number of hydrogen-bond acceptors (Lipinski definition) is 3. The van der Waals surface area contributed by atoms with Crippen molar-refractivity contribution in [2.45, 2.75) is 39.2 Å². The van der Waals surface area contributed by atoms with Crippen molar-refractivity contribution in [2.75, 3.05) is 5.73 Å². The van der Waals surface area contributed by atoms with Gasteiger partial charge in [0.1, 0.15) is 0 Å². The van der Waals surface area contributed by atoms with Crippen LogP contribution in [0.25, 0.3) is 0 Å². The van der Waals surface area contributed by atoms with Gasteiger partial charge < -0.3 is 5.73 Å². The van der Waals surface area contributed by atoms with E-state index in [1.807, 2.05) is 0 Å². The lowest BCUT2D eigenvalue weighted by Gasteiger charge is -2.36. The topological polar surface area (TPSA) is 63.4 Å². The molecule has 3 atom stereocenters. The Bertz CT molecular complexity index is 582. The molecule has 4 nitrogen and oxygen atoms in total. The summed E-state index contributed by atoms with van der Waals surface area (Å²) >= 11 is 0. The van der Waals surface area contributed by atoms with Crippen LogP contribution in [0.4, 0.5) is 5.69 Å². The maximum atomic E-state index is 12.5. The van der Waals surface area contributed by atoms with E-state index in [9.17, 15) is 9.59 Å². The lowest BCUT2D eigenvalue weighted by molar-refractivity contribution is 0.0496. The molecule has 1 aliphatic carbocycles. The molecule has 2 N–H and O–H groups in total.